The molecule has 0 spiro atoms. The lowest BCUT2D eigenvalue weighted by Gasteiger charge is -2.28. The quantitative estimate of drug-likeness (QED) is 0.188. The van der Waals surface area contributed by atoms with Gasteiger partial charge in [-0.25, -0.2) is 4.79 Å². The average Bonchev–Trinajstić information content (AvgIpc) is 3.40. The van der Waals surface area contributed by atoms with E-state index in [0.29, 0.717) is 43.3 Å². The molecule has 1 saturated carbocycles. The molecule has 12 nitrogen and oxygen atoms in total. The number of primary amides is 1. The molecule has 3 rings (SSSR count). The first-order chi connectivity index (χ1) is 21.6. The van der Waals surface area contributed by atoms with Crippen molar-refractivity contribution >= 4 is 46.9 Å². The molecular weight excluding hydrogens is 574 g/mol. The summed E-state index contributed by atoms with van der Waals surface area (Å²) in [6.07, 6.45) is 8.24. The highest BCUT2D eigenvalue weighted by Crippen LogP contribution is 2.31. The van der Waals surface area contributed by atoms with Crippen molar-refractivity contribution in [2.24, 2.45) is 17.6 Å². The summed E-state index contributed by atoms with van der Waals surface area (Å²) in [5.41, 5.74) is 7.94. The van der Waals surface area contributed by atoms with Crippen LogP contribution in [0.5, 0.6) is 0 Å². The lowest BCUT2D eigenvalue weighted by atomic mass is 9.82. The SMILES string of the molecule is C=C/C=C\c1oc(C(=O)Nc2cc(NC(=O)NCC3CCC(C(N)=O)CC3)ccc2N(CC)CCN(C)C(=O)CNC)cc1C. The standard InChI is InChI=1S/C33H47N7O5/c1-6-8-9-28-22(3)18-29(45-28)32(43)38-26-19-25(37-33(44)36-20-23-10-12-24(13-11-23)31(34)42)14-15-27(26)40(7-2)17-16-39(5)30(41)21-35-4/h6,8-9,14-15,18-19,23-24,35H,1,7,10-13,16-17,20-21H2,2-5H3,(H2,34,42)(H,38,43)(H2,36,37,44)/b9-8-. The maximum atomic E-state index is 13.4. The number of carbonyl (C=O) groups excluding carboxylic acids is 4. The Morgan fingerprint density at radius 2 is 1.82 bits per heavy atom. The molecule has 0 atom stereocenters. The number of allylic oxidation sites excluding steroid dienone is 2. The maximum Gasteiger partial charge on any atom is 0.319 e. The Kier molecular flexibility index (Phi) is 13.2. The van der Waals surface area contributed by atoms with Crippen LogP contribution in [0.4, 0.5) is 21.9 Å². The van der Waals surface area contributed by atoms with E-state index in [0.717, 1.165) is 36.9 Å². The number of benzene rings is 1. The van der Waals surface area contributed by atoms with Gasteiger partial charge in [-0.15, -0.1) is 0 Å². The van der Waals surface area contributed by atoms with E-state index in [2.05, 4.69) is 32.7 Å². The van der Waals surface area contributed by atoms with E-state index >= 15 is 0 Å². The van der Waals surface area contributed by atoms with Crippen molar-refractivity contribution < 1.29 is 23.6 Å². The number of carbonyl (C=O) groups is 4. The van der Waals surface area contributed by atoms with Crippen LogP contribution in [-0.2, 0) is 9.59 Å². The normalized spacial score (nSPS) is 16.2. The lowest BCUT2D eigenvalue weighted by Crippen LogP contribution is -2.40. The number of nitrogens with two attached hydrogens (primary N) is 1. The molecule has 244 valence electrons. The molecule has 0 bridgehead atoms. The minimum absolute atomic E-state index is 0.0250. The van der Waals surface area contributed by atoms with Crippen LogP contribution in [0.2, 0.25) is 0 Å². The second-order valence-corrected chi connectivity index (χ2v) is 11.3. The van der Waals surface area contributed by atoms with Crippen molar-refractivity contribution in [1.29, 1.82) is 0 Å². The van der Waals surface area contributed by atoms with Crippen molar-refractivity contribution in [1.82, 2.24) is 15.5 Å². The molecule has 2 aromatic rings. The van der Waals surface area contributed by atoms with Crippen LogP contribution in [0.1, 0.15) is 54.5 Å². The van der Waals surface area contributed by atoms with Gasteiger partial charge in [0.25, 0.3) is 5.91 Å². The number of hydrogen-bond donors (Lipinski definition) is 5. The average molecular weight is 622 g/mol. The first-order valence-electron chi connectivity index (χ1n) is 15.4. The molecule has 0 saturated heterocycles. The van der Waals surface area contributed by atoms with Gasteiger partial charge in [-0.1, -0.05) is 18.7 Å². The fraction of sp³-hybridized carbons (Fsp3) is 0.455. The Morgan fingerprint density at radius 1 is 1.09 bits per heavy atom. The van der Waals surface area contributed by atoms with Gasteiger partial charge in [0.1, 0.15) is 5.76 Å². The third kappa shape index (κ3) is 10.2. The molecule has 6 N–H and O–H groups in total. The van der Waals surface area contributed by atoms with Gasteiger partial charge in [0, 0.05) is 44.8 Å². The molecular formula is C33H47N7O5. The Hall–Kier alpha value is -4.58. The smallest absolute Gasteiger partial charge is 0.319 e. The van der Waals surface area contributed by atoms with E-state index in [9.17, 15) is 19.2 Å². The number of nitrogens with one attached hydrogen (secondary N) is 4. The second kappa shape index (κ2) is 17.0. The highest BCUT2D eigenvalue weighted by atomic mass is 16.4. The summed E-state index contributed by atoms with van der Waals surface area (Å²) in [6, 6.07) is 6.62. The van der Waals surface area contributed by atoms with Crippen LogP contribution < -0.4 is 31.9 Å². The highest BCUT2D eigenvalue weighted by Gasteiger charge is 2.25. The van der Waals surface area contributed by atoms with E-state index in [4.69, 9.17) is 10.2 Å². The topological polar surface area (TPSA) is 162 Å². The molecule has 1 aromatic heterocycles. The molecule has 5 amide bonds. The molecule has 1 heterocycles. The van der Waals surface area contributed by atoms with Crippen LogP contribution in [0.25, 0.3) is 6.08 Å². The van der Waals surface area contributed by atoms with Crippen molar-refractivity contribution in [3.63, 3.8) is 0 Å². The predicted octanol–water partition coefficient (Wildman–Crippen LogP) is 3.96. The molecule has 1 aliphatic carbocycles. The zero-order chi connectivity index (χ0) is 32.9. The summed E-state index contributed by atoms with van der Waals surface area (Å²) in [4.78, 5) is 53.6. The van der Waals surface area contributed by atoms with Gasteiger partial charge in [-0.2, -0.15) is 0 Å². The first kappa shape index (κ1) is 34.9. The molecule has 0 radical (unpaired) electrons. The van der Waals surface area contributed by atoms with E-state index in [1.54, 1.807) is 55.4 Å². The number of hydrogen-bond acceptors (Lipinski definition) is 7. The zero-order valence-electron chi connectivity index (χ0n) is 26.8. The molecule has 45 heavy (non-hydrogen) atoms. The Bertz CT molecular complexity index is 1380. The van der Waals surface area contributed by atoms with Gasteiger partial charge in [0.05, 0.1) is 17.9 Å². The Morgan fingerprint density at radius 3 is 2.47 bits per heavy atom. The first-order valence-corrected chi connectivity index (χ1v) is 15.4. The van der Waals surface area contributed by atoms with Gasteiger partial charge < -0.3 is 41.2 Å². The summed E-state index contributed by atoms with van der Waals surface area (Å²) in [5, 5.41) is 11.6. The molecule has 0 aliphatic heterocycles. The molecule has 1 aromatic carbocycles. The number of urea groups is 1. The van der Waals surface area contributed by atoms with Gasteiger partial charge >= 0.3 is 6.03 Å². The summed E-state index contributed by atoms with van der Waals surface area (Å²) in [7, 11) is 3.48. The number of rotatable bonds is 15. The molecule has 0 unspecified atom stereocenters. The summed E-state index contributed by atoms with van der Waals surface area (Å²) < 4.78 is 5.79. The fourth-order valence-electron chi connectivity index (χ4n) is 5.30. The van der Waals surface area contributed by atoms with E-state index in [1.807, 2.05) is 19.9 Å². The van der Waals surface area contributed by atoms with Gasteiger partial charge in [-0.05, 0) is 88.4 Å². The predicted molar refractivity (Wildman–Crippen MR) is 178 cm³/mol. The number of anilines is 3. The monoisotopic (exact) mass is 621 g/mol. The third-order valence-electron chi connectivity index (χ3n) is 8.05. The van der Waals surface area contributed by atoms with Crippen LogP contribution in [0.15, 0.2) is 47.4 Å². The minimum atomic E-state index is -0.442. The highest BCUT2D eigenvalue weighted by molar-refractivity contribution is 6.05. The zero-order valence-corrected chi connectivity index (χ0v) is 26.8. The fourth-order valence-corrected chi connectivity index (χ4v) is 5.30. The van der Waals surface area contributed by atoms with Crippen molar-refractivity contribution in [3.05, 3.63) is 60.1 Å². The number of furan rings is 1. The van der Waals surface area contributed by atoms with E-state index < -0.39 is 5.91 Å². The number of aryl methyl sites for hydroxylation is 1. The number of likely N-dealkylation sites (N-methyl/N-ethyl adjacent to an activating group) is 3. The van der Waals surface area contributed by atoms with Crippen LogP contribution in [0, 0.1) is 18.8 Å². The summed E-state index contributed by atoms with van der Waals surface area (Å²) >= 11 is 0. The van der Waals surface area contributed by atoms with Crippen LogP contribution in [-0.4, -0.2) is 75.5 Å². The van der Waals surface area contributed by atoms with E-state index in [1.165, 1.54) is 0 Å². The van der Waals surface area contributed by atoms with Gasteiger partial charge in [-0.3, -0.25) is 14.4 Å². The second-order valence-electron chi connectivity index (χ2n) is 11.3. The van der Waals surface area contributed by atoms with Crippen LogP contribution in [0.3, 0.4) is 0 Å². The lowest BCUT2D eigenvalue weighted by molar-refractivity contribution is -0.128. The van der Waals surface area contributed by atoms with Gasteiger partial charge in [0.2, 0.25) is 11.8 Å². The van der Waals surface area contributed by atoms with Crippen molar-refractivity contribution in [2.45, 2.75) is 39.5 Å². The van der Waals surface area contributed by atoms with Crippen molar-refractivity contribution in [3.8, 4) is 0 Å². The maximum absolute atomic E-state index is 13.4. The summed E-state index contributed by atoms with van der Waals surface area (Å²) in [5.74, 6) is 0.173. The minimum Gasteiger partial charge on any atom is -0.451 e. The third-order valence-corrected chi connectivity index (χ3v) is 8.05. The summed E-state index contributed by atoms with van der Waals surface area (Å²) in [6.45, 7) is 9.85. The molecule has 1 fully saturated rings. The Balaban J connectivity index is 1.77. The molecule has 12 heteroatoms. The molecule has 1 aliphatic rings. The number of nitrogens with zero attached hydrogens (tertiary/aromatic N) is 2. The van der Waals surface area contributed by atoms with Gasteiger partial charge in [0.15, 0.2) is 5.76 Å². The Labute approximate surface area is 265 Å². The van der Waals surface area contributed by atoms with Crippen molar-refractivity contribution in [2.75, 3.05) is 62.4 Å². The number of amides is 5. The largest absolute Gasteiger partial charge is 0.451 e. The van der Waals surface area contributed by atoms with Crippen LogP contribution >= 0.6 is 0 Å². The van der Waals surface area contributed by atoms with E-state index in [-0.39, 0.29) is 42.0 Å².